The molecular weight excluding hydrogens is 195 g/mol. The quantitative estimate of drug-likeness (QED) is 0.693. The Morgan fingerprint density at radius 2 is 2.27 bits per heavy atom. The molecule has 0 saturated carbocycles. The van der Waals surface area contributed by atoms with Crippen LogP contribution < -0.4 is 10.6 Å². The minimum atomic E-state index is -0.481. The third-order valence-corrected chi connectivity index (χ3v) is 2.78. The maximum atomic E-state index is 13.0. The Bertz CT molecular complexity index is 406. The first-order valence-electron chi connectivity index (χ1n) is 4.91. The van der Waals surface area contributed by atoms with Crippen LogP contribution in [0.1, 0.15) is 12.0 Å². The van der Waals surface area contributed by atoms with Gasteiger partial charge in [-0.05, 0) is 36.6 Å². The Hall–Kier alpha value is -1.42. The van der Waals surface area contributed by atoms with Crippen molar-refractivity contribution in [2.24, 2.45) is 5.73 Å². The number of hydrogen-bond acceptors (Lipinski definition) is 2. The molecule has 1 heterocycles. The molecule has 1 atom stereocenters. The van der Waals surface area contributed by atoms with E-state index < -0.39 is 6.04 Å². The lowest BCUT2D eigenvalue weighted by molar-refractivity contribution is -0.119. The van der Waals surface area contributed by atoms with Crippen LogP contribution in [-0.4, -0.2) is 19.0 Å². The highest BCUT2D eigenvalue weighted by molar-refractivity contribution is 5.97. The molecule has 1 amide bonds. The summed E-state index contributed by atoms with van der Waals surface area (Å²) < 4.78 is 13.0. The van der Waals surface area contributed by atoms with Gasteiger partial charge in [-0.25, -0.2) is 4.39 Å². The van der Waals surface area contributed by atoms with Crippen molar-refractivity contribution in [2.75, 3.05) is 11.9 Å². The third kappa shape index (κ3) is 1.72. The number of aryl methyl sites for hydroxylation is 1. The molecule has 2 rings (SSSR count). The molecule has 1 aromatic carbocycles. The molecule has 3 nitrogen and oxygen atoms in total. The number of amides is 1. The van der Waals surface area contributed by atoms with Crippen molar-refractivity contribution < 1.29 is 9.18 Å². The molecule has 0 spiro atoms. The predicted octanol–water partition coefficient (Wildman–Crippen LogP) is 1.06. The van der Waals surface area contributed by atoms with Crippen molar-refractivity contribution in [1.29, 1.82) is 0 Å². The smallest absolute Gasteiger partial charge is 0.243 e. The summed E-state index contributed by atoms with van der Waals surface area (Å²) in [7, 11) is 1.67. The van der Waals surface area contributed by atoms with E-state index >= 15 is 0 Å². The maximum absolute atomic E-state index is 13.0. The first kappa shape index (κ1) is 10.1. The lowest BCUT2D eigenvalue weighted by Gasteiger charge is -2.19. The van der Waals surface area contributed by atoms with Gasteiger partial charge in [-0.15, -0.1) is 0 Å². The van der Waals surface area contributed by atoms with E-state index in [1.807, 2.05) is 0 Å². The predicted molar refractivity (Wildman–Crippen MR) is 56.1 cm³/mol. The normalized spacial score (nSPS) is 21.1. The van der Waals surface area contributed by atoms with E-state index in [9.17, 15) is 9.18 Å². The summed E-state index contributed by atoms with van der Waals surface area (Å²) in [5.74, 6) is -0.384. The Kier molecular flexibility index (Phi) is 2.44. The number of rotatable bonds is 0. The molecule has 0 aliphatic carbocycles. The van der Waals surface area contributed by atoms with E-state index in [1.165, 1.54) is 17.0 Å². The van der Waals surface area contributed by atoms with E-state index in [4.69, 9.17) is 5.73 Å². The van der Waals surface area contributed by atoms with Gasteiger partial charge in [0.2, 0.25) is 5.91 Å². The second kappa shape index (κ2) is 3.62. The average molecular weight is 208 g/mol. The number of carbonyl (C=O) groups is 1. The fourth-order valence-corrected chi connectivity index (χ4v) is 1.88. The summed E-state index contributed by atoms with van der Waals surface area (Å²) in [6, 6.07) is 3.97. The van der Waals surface area contributed by atoms with Gasteiger partial charge in [-0.2, -0.15) is 0 Å². The average Bonchev–Trinajstić information content (AvgIpc) is 2.32. The number of likely N-dealkylation sites (N-methyl/N-ethyl adjacent to an activating group) is 1. The third-order valence-electron chi connectivity index (χ3n) is 2.78. The van der Waals surface area contributed by atoms with Crippen LogP contribution in [0.4, 0.5) is 10.1 Å². The molecule has 0 bridgehead atoms. The minimum absolute atomic E-state index is 0.111. The van der Waals surface area contributed by atoms with Crippen molar-refractivity contribution in [3.63, 3.8) is 0 Å². The van der Waals surface area contributed by atoms with Crippen molar-refractivity contribution in [3.8, 4) is 0 Å². The highest BCUT2D eigenvalue weighted by Crippen LogP contribution is 2.26. The van der Waals surface area contributed by atoms with Crippen molar-refractivity contribution >= 4 is 11.6 Å². The van der Waals surface area contributed by atoms with Crippen molar-refractivity contribution in [2.45, 2.75) is 18.9 Å². The number of benzene rings is 1. The Morgan fingerprint density at radius 1 is 1.53 bits per heavy atom. The second-order valence-corrected chi connectivity index (χ2v) is 3.82. The number of fused-ring (bicyclic) bond motifs is 1. The summed E-state index contributed by atoms with van der Waals surface area (Å²) >= 11 is 0. The van der Waals surface area contributed by atoms with E-state index in [1.54, 1.807) is 13.1 Å². The van der Waals surface area contributed by atoms with Crippen LogP contribution in [0.25, 0.3) is 0 Å². The molecule has 0 radical (unpaired) electrons. The van der Waals surface area contributed by atoms with Crippen LogP contribution in [0.15, 0.2) is 18.2 Å². The zero-order chi connectivity index (χ0) is 11.0. The molecule has 15 heavy (non-hydrogen) atoms. The van der Waals surface area contributed by atoms with Crippen molar-refractivity contribution in [3.05, 3.63) is 29.6 Å². The van der Waals surface area contributed by atoms with Gasteiger partial charge < -0.3 is 10.6 Å². The molecule has 1 aliphatic heterocycles. The second-order valence-electron chi connectivity index (χ2n) is 3.82. The first-order chi connectivity index (χ1) is 7.09. The molecule has 4 heteroatoms. The van der Waals surface area contributed by atoms with Gasteiger partial charge in [0.15, 0.2) is 0 Å². The first-order valence-corrected chi connectivity index (χ1v) is 4.91. The van der Waals surface area contributed by atoms with Crippen LogP contribution in [0.2, 0.25) is 0 Å². The molecule has 1 aromatic rings. The van der Waals surface area contributed by atoms with Gasteiger partial charge in [0.05, 0.1) is 6.04 Å². The topological polar surface area (TPSA) is 46.3 Å². The fourth-order valence-electron chi connectivity index (χ4n) is 1.88. The largest absolute Gasteiger partial charge is 0.320 e. The van der Waals surface area contributed by atoms with E-state index in [0.717, 1.165) is 11.3 Å². The van der Waals surface area contributed by atoms with Crippen molar-refractivity contribution in [1.82, 2.24) is 0 Å². The van der Waals surface area contributed by atoms with Crippen LogP contribution in [0.3, 0.4) is 0 Å². The van der Waals surface area contributed by atoms with Gasteiger partial charge >= 0.3 is 0 Å². The van der Waals surface area contributed by atoms with Crippen LogP contribution in [-0.2, 0) is 11.2 Å². The molecular formula is C11H13FN2O. The molecule has 0 saturated heterocycles. The van der Waals surface area contributed by atoms with E-state index in [2.05, 4.69) is 0 Å². The van der Waals surface area contributed by atoms with Gasteiger partial charge in [-0.1, -0.05) is 0 Å². The monoisotopic (exact) mass is 208 g/mol. The van der Waals surface area contributed by atoms with E-state index in [0.29, 0.717) is 12.8 Å². The number of nitrogens with two attached hydrogens (primary N) is 1. The standard InChI is InChI=1S/C11H13FN2O/c1-14-10-5-3-8(12)6-7(10)2-4-9(13)11(14)15/h3,5-6,9H,2,4,13H2,1H3/t9-/m0/s1. The summed E-state index contributed by atoms with van der Waals surface area (Å²) in [6.07, 6.45) is 1.21. The number of anilines is 1. The van der Waals surface area contributed by atoms with Gasteiger partial charge in [0, 0.05) is 12.7 Å². The number of carbonyl (C=O) groups excluding carboxylic acids is 1. The molecule has 1 aliphatic rings. The van der Waals surface area contributed by atoms with Gasteiger partial charge in [0.1, 0.15) is 5.82 Å². The van der Waals surface area contributed by atoms with Crippen LogP contribution >= 0.6 is 0 Å². The maximum Gasteiger partial charge on any atom is 0.243 e. The minimum Gasteiger partial charge on any atom is -0.320 e. The van der Waals surface area contributed by atoms with E-state index in [-0.39, 0.29) is 11.7 Å². The number of halogens is 1. The molecule has 0 aromatic heterocycles. The van der Waals surface area contributed by atoms with Crippen LogP contribution in [0, 0.1) is 5.82 Å². The van der Waals surface area contributed by atoms with Gasteiger partial charge in [-0.3, -0.25) is 4.79 Å². The Morgan fingerprint density at radius 3 is 3.00 bits per heavy atom. The highest BCUT2D eigenvalue weighted by atomic mass is 19.1. The number of hydrogen-bond donors (Lipinski definition) is 1. The van der Waals surface area contributed by atoms with Crippen LogP contribution in [0.5, 0.6) is 0 Å². The molecule has 80 valence electrons. The number of nitrogens with zero attached hydrogens (tertiary/aromatic N) is 1. The zero-order valence-corrected chi connectivity index (χ0v) is 8.53. The zero-order valence-electron chi connectivity index (χ0n) is 8.53. The molecule has 0 unspecified atom stereocenters. The summed E-state index contributed by atoms with van der Waals surface area (Å²) in [6.45, 7) is 0. The fraction of sp³-hybridized carbons (Fsp3) is 0.364. The molecule has 0 fully saturated rings. The Labute approximate surface area is 87.7 Å². The molecule has 2 N–H and O–H groups in total. The highest BCUT2D eigenvalue weighted by Gasteiger charge is 2.25. The lowest BCUT2D eigenvalue weighted by Crippen LogP contribution is -2.40. The summed E-state index contributed by atoms with van der Waals surface area (Å²) in [4.78, 5) is 13.2. The lowest BCUT2D eigenvalue weighted by atomic mass is 10.1. The Balaban J connectivity index is 2.47. The van der Waals surface area contributed by atoms with Gasteiger partial charge in [0.25, 0.3) is 0 Å². The summed E-state index contributed by atoms with van der Waals surface area (Å²) in [5, 5.41) is 0. The summed E-state index contributed by atoms with van der Waals surface area (Å²) in [5.41, 5.74) is 7.31. The SMILES string of the molecule is CN1C(=O)[C@@H](N)CCc2cc(F)ccc21.